The zero-order valence-corrected chi connectivity index (χ0v) is 23.1. The van der Waals surface area contributed by atoms with Crippen LogP contribution in [0.15, 0.2) is 23.8 Å². The van der Waals surface area contributed by atoms with E-state index in [9.17, 15) is 4.79 Å². The Morgan fingerprint density at radius 2 is 1.65 bits per heavy atom. The van der Waals surface area contributed by atoms with E-state index in [1.807, 2.05) is 0 Å². The third kappa shape index (κ3) is 3.21. The molecule has 190 valence electrons. The quantitative estimate of drug-likeness (QED) is 0.301. The van der Waals surface area contributed by atoms with Crippen LogP contribution in [0.5, 0.6) is 0 Å². The second-order valence-corrected chi connectivity index (χ2v) is 14.5. The molecule has 2 heteroatoms. The van der Waals surface area contributed by atoms with Gasteiger partial charge in [-0.2, -0.15) is 0 Å². The highest BCUT2D eigenvalue weighted by Crippen LogP contribution is 2.75. The van der Waals surface area contributed by atoms with Crippen molar-refractivity contribution in [2.24, 2.45) is 51.2 Å². The van der Waals surface area contributed by atoms with Gasteiger partial charge in [0.1, 0.15) is 6.10 Å². The second kappa shape index (κ2) is 7.97. The number of esters is 1. The fraction of sp³-hybridized carbons (Fsp3) is 0.844. The lowest BCUT2D eigenvalue weighted by molar-refractivity contribution is -0.238. The molecule has 2 nitrogen and oxygen atoms in total. The zero-order chi connectivity index (χ0) is 24.7. The Hall–Kier alpha value is -1.05. The van der Waals surface area contributed by atoms with Gasteiger partial charge in [-0.1, -0.05) is 58.4 Å². The fourth-order valence-corrected chi connectivity index (χ4v) is 11.2. The summed E-state index contributed by atoms with van der Waals surface area (Å²) in [5.74, 6) is 3.53. The number of carbonyl (C=O) groups excluding carboxylic acids is 1. The second-order valence-electron chi connectivity index (χ2n) is 14.5. The number of hydrogen-bond acceptors (Lipinski definition) is 2. The molecule has 9 atom stereocenters. The minimum Gasteiger partial charge on any atom is -0.462 e. The summed E-state index contributed by atoms with van der Waals surface area (Å²) in [5, 5.41) is 0. The van der Waals surface area contributed by atoms with Crippen molar-refractivity contribution in [2.45, 2.75) is 119 Å². The molecule has 5 rings (SSSR count). The van der Waals surface area contributed by atoms with Gasteiger partial charge in [-0.05, 0) is 117 Å². The molecule has 0 aromatic rings. The lowest BCUT2D eigenvalue weighted by Gasteiger charge is -2.72. The van der Waals surface area contributed by atoms with Gasteiger partial charge in [0, 0.05) is 12.3 Å². The third-order valence-electron chi connectivity index (χ3n) is 12.9. The smallest absolute Gasteiger partial charge is 0.302 e. The van der Waals surface area contributed by atoms with Crippen LogP contribution in [0.4, 0.5) is 0 Å². The molecule has 0 heterocycles. The molecule has 4 fully saturated rings. The van der Waals surface area contributed by atoms with Crippen molar-refractivity contribution >= 4 is 5.97 Å². The molecular weight excluding hydrogens is 416 g/mol. The minimum atomic E-state index is -0.110. The van der Waals surface area contributed by atoms with Crippen LogP contribution in [0.1, 0.15) is 113 Å². The number of hydrogen-bond donors (Lipinski definition) is 0. The van der Waals surface area contributed by atoms with Crippen LogP contribution in [-0.4, -0.2) is 12.1 Å². The summed E-state index contributed by atoms with van der Waals surface area (Å²) in [5.41, 5.74) is 4.41. The van der Waals surface area contributed by atoms with Crippen LogP contribution in [0.2, 0.25) is 0 Å². The normalized spacial score (nSPS) is 49.4. The maximum Gasteiger partial charge on any atom is 0.302 e. The van der Waals surface area contributed by atoms with Crippen molar-refractivity contribution in [1.29, 1.82) is 0 Å². The molecule has 0 saturated heterocycles. The van der Waals surface area contributed by atoms with Crippen LogP contribution in [0.3, 0.4) is 0 Å². The molecule has 0 radical (unpaired) electrons. The highest BCUT2D eigenvalue weighted by Gasteiger charge is 2.68. The van der Waals surface area contributed by atoms with Gasteiger partial charge in [0.05, 0.1) is 0 Å². The number of allylic oxidation sites excluding steroid dienone is 3. The van der Waals surface area contributed by atoms with Crippen LogP contribution in [-0.2, 0) is 9.53 Å². The Morgan fingerprint density at radius 3 is 2.32 bits per heavy atom. The number of fused-ring (bicyclic) bond motifs is 7. The molecule has 0 aromatic heterocycles. The van der Waals surface area contributed by atoms with Crippen LogP contribution < -0.4 is 0 Å². The monoisotopic (exact) mass is 466 g/mol. The van der Waals surface area contributed by atoms with Gasteiger partial charge in [-0.25, -0.2) is 0 Å². The van der Waals surface area contributed by atoms with Crippen LogP contribution in [0, 0.1) is 51.2 Å². The van der Waals surface area contributed by atoms with E-state index < -0.39 is 0 Å². The van der Waals surface area contributed by atoms with E-state index >= 15 is 0 Å². The number of rotatable bonds is 2. The van der Waals surface area contributed by atoms with Crippen molar-refractivity contribution in [3.8, 4) is 0 Å². The molecule has 0 aliphatic heterocycles. The van der Waals surface area contributed by atoms with Crippen molar-refractivity contribution in [3.05, 3.63) is 23.8 Å². The molecule has 0 spiro atoms. The van der Waals surface area contributed by atoms with Crippen molar-refractivity contribution in [3.63, 3.8) is 0 Å². The zero-order valence-electron chi connectivity index (χ0n) is 23.1. The maximum atomic E-state index is 11.9. The molecule has 34 heavy (non-hydrogen) atoms. The average molecular weight is 467 g/mol. The number of carbonyl (C=O) groups is 1. The highest BCUT2D eigenvalue weighted by molar-refractivity contribution is 5.66. The third-order valence-corrected chi connectivity index (χ3v) is 12.9. The molecule has 0 N–H and O–H groups in total. The van der Waals surface area contributed by atoms with E-state index in [0.717, 1.165) is 24.2 Å². The summed E-state index contributed by atoms with van der Waals surface area (Å²) in [7, 11) is 0. The summed E-state index contributed by atoms with van der Waals surface area (Å²) in [6, 6.07) is 0. The molecule has 4 saturated carbocycles. The predicted octanol–water partition coefficient (Wildman–Crippen LogP) is 8.52. The fourth-order valence-electron chi connectivity index (χ4n) is 11.2. The molecule has 0 unspecified atom stereocenters. The van der Waals surface area contributed by atoms with Crippen LogP contribution >= 0.6 is 0 Å². The predicted molar refractivity (Wildman–Crippen MR) is 140 cm³/mol. The van der Waals surface area contributed by atoms with Crippen molar-refractivity contribution < 1.29 is 9.53 Å². The standard InChI is InChI=1S/C32H50O2/c1-20(2)23-11-9-10-22-14-18-31(7)24(28(22)23)12-13-26-30(6)17-16-27(34-21(3)33)29(4,5)25(30)15-19-32(26,31)8/h10,23-28H,1,9,11-19H2,2-8H3/t23-,24+,25-,26-,27-,28+,30-,31+,32+/m0/s1. The Bertz CT molecular complexity index is 897. The highest BCUT2D eigenvalue weighted by atomic mass is 16.5. The van der Waals surface area contributed by atoms with Gasteiger partial charge in [-0.3, -0.25) is 4.79 Å². The molecule has 5 aliphatic carbocycles. The number of ether oxygens (including phenoxy) is 1. The van der Waals surface area contributed by atoms with E-state index in [0.29, 0.717) is 28.1 Å². The SMILES string of the molecule is C=C(C)[C@@H]1CCC=C2CC[C@]3(C)[C@H](CC[C@H]4[C@@]5(C)CC[C@H](OC(C)=O)C(C)(C)[C@@H]5CC[C@]43C)[C@H]21. The topological polar surface area (TPSA) is 26.3 Å². The molecule has 0 bridgehead atoms. The summed E-state index contributed by atoms with van der Waals surface area (Å²) < 4.78 is 5.91. The lowest BCUT2D eigenvalue weighted by atomic mass is 9.33. The van der Waals surface area contributed by atoms with Gasteiger partial charge in [0.15, 0.2) is 0 Å². The molecular formula is C32H50O2. The van der Waals surface area contributed by atoms with E-state index in [-0.39, 0.29) is 17.5 Å². The summed E-state index contributed by atoms with van der Waals surface area (Å²) >= 11 is 0. The Morgan fingerprint density at radius 1 is 0.912 bits per heavy atom. The van der Waals surface area contributed by atoms with Gasteiger partial charge in [-0.15, -0.1) is 0 Å². The molecule has 5 aliphatic rings. The van der Waals surface area contributed by atoms with Gasteiger partial charge in [0.25, 0.3) is 0 Å². The van der Waals surface area contributed by atoms with Gasteiger partial charge < -0.3 is 4.74 Å². The summed E-state index contributed by atoms with van der Waals surface area (Å²) in [6.07, 6.45) is 15.6. The van der Waals surface area contributed by atoms with Crippen molar-refractivity contribution in [2.75, 3.05) is 0 Å². The van der Waals surface area contributed by atoms with Gasteiger partial charge >= 0.3 is 5.97 Å². The Labute approximate surface area is 209 Å². The lowest BCUT2D eigenvalue weighted by Crippen LogP contribution is -2.66. The largest absolute Gasteiger partial charge is 0.462 e. The average Bonchev–Trinajstić information content (AvgIpc) is 2.75. The van der Waals surface area contributed by atoms with E-state index in [2.05, 4.69) is 54.2 Å². The first-order valence-electron chi connectivity index (χ1n) is 14.4. The summed E-state index contributed by atoms with van der Waals surface area (Å²) in [4.78, 5) is 11.9. The molecule has 0 amide bonds. The van der Waals surface area contributed by atoms with Crippen LogP contribution in [0.25, 0.3) is 0 Å². The van der Waals surface area contributed by atoms with E-state index in [4.69, 9.17) is 4.74 Å². The van der Waals surface area contributed by atoms with Gasteiger partial charge in [0.2, 0.25) is 0 Å². The first-order chi connectivity index (χ1) is 15.9. The maximum absolute atomic E-state index is 11.9. The Balaban J connectivity index is 1.50. The first-order valence-corrected chi connectivity index (χ1v) is 14.4. The van der Waals surface area contributed by atoms with E-state index in [1.165, 1.54) is 63.4 Å². The Kier molecular flexibility index (Phi) is 5.78. The molecule has 0 aromatic carbocycles. The summed E-state index contributed by atoms with van der Waals surface area (Å²) in [6.45, 7) is 21.2. The minimum absolute atomic E-state index is 0.0502. The first kappa shape index (κ1) is 24.6. The van der Waals surface area contributed by atoms with Crippen molar-refractivity contribution in [1.82, 2.24) is 0 Å². The van der Waals surface area contributed by atoms with E-state index in [1.54, 1.807) is 12.5 Å².